The summed E-state index contributed by atoms with van der Waals surface area (Å²) < 4.78 is 10.3. The molecule has 6 heteroatoms. The van der Waals surface area contributed by atoms with Gasteiger partial charge in [0.1, 0.15) is 12.4 Å². The van der Waals surface area contributed by atoms with E-state index in [4.69, 9.17) is 20.9 Å². The fourth-order valence-corrected chi connectivity index (χ4v) is 1.12. The highest BCUT2D eigenvalue weighted by molar-refractivity contribution is 14.0. The molecule has 0 radical (unpaired) electrons. The molecule has 0 saturated carbocycles. The summed E-state index contributed by atoms with van der Waals surface area (Å²) in [6, 6.07) is 7.61. The zero-order valence-electron chi connectivity index (χ0n) is 9.76. The van der Waals surface area contributed by atoms with Gasteiger partial charge in [-0.25, -0.2) is 4.99 Å². The Morgan fingerprint density at radius 1 is 1.18 bits per heavy atom. The van der Waals surface area contributed by atoms with Crippen molar-refractivity contribution in [3.8, 4) is 5.75 Å². The molecule has 0 heterocycles. The van der Waals surface area contributed by atoms with E-state index in [-0.39, 0.29) is 29.9 Å². The van der Waals surface area contributed by atoms with Crippen LogP contribution in [0.15, 0.2) is 29.3 Å². The zero-order valence-corrected chi connectivity index (χ0v) is 12.1. The van der Waals surface area contributed by atoms with Crippen molar-refractivity contribution in [2.45, 2.75) is 6.54 Å². The average Bonchev–Trinajstić information content (AvgIpc) is 2.28. The zero-order chi connectivity index (χ0) is 11.8. The number of rotatable bonds is 6. The predicted molar refractivity (Wildman–Crippen MR) is 78.7 cm³/mol. The molecule has 1 rings (SSSR count). The highest BCUT2D eigenvalue weighted by Gasteiger charge is 1.95. The number of benzene rings is 1. The van der Waals surface area contributed by atoms with E-state index in [0.717, 1.165) is 11.3 Å². The van der Waals surface area contributed by atoms with Crippen molar-refractivity contribution in [3.63, 3.8) is 0 Å². The Balaban J connectivity index is 0.00000256. The molecule has 1 aromatic rings. The van der Waals surface area contributed by atoms with E-state index in [2.05, 4.69) is 4.99 Å². The van der Waals surface area contributed by atoms with Crippen LogP contribution in [0.3, 0.4) is 0 Å². The first-order chi connectivity index (χ1) is 7.72. The Hall–Kier alpha value is -1.02. The number of hydrogen-bond acceptors (Lipinski definition) is 3. The summed E-state index contributed by atoms with van der Waals surface area (Å²) in [6.45, 7) is 1.61. The van der Waals surface area contributed by atoms with Gasteiger partial charge in [0.15, 0.2) is 5.96 Å². The molecular formula is C11H18IN3O2. The first-order valence-electron chi connectivity index (χ1n) is 4.98. The molecule has 0 aliphatic heterocycles. The molecule has 96 valence electrons. The SMILES string of the molecule is COCCOc1ccc(CN=C(N)N)cc1.I. The summed E-state index contributed by atoms with van der Waals surface area (Å²) >= 11 is 0. The number of nitrogens with two attached hydrogens (primary N) is 2. The lowest BCUT2D eigenvalue weighted by atomic mass is 10.2. The molecule has 0 spiro atoms. The third-order valence-electron chi connectivity index (χ3n) is 1.92. The molecule has 0 amide bonds. The van der Waals surface area contributed by atoms with Crippen molar-refractivity contribution in [1.29, 1.82) is 0 Å². The van der Waals surface area contributed by atoms with Crippen LogP contribution in [0.2, 0.25) is 0 Å². The minimum absolute atomic E-state index is 0. The number of nitrogens with zero attached hydrogens (tertiary/aromatic N) is 1. The second kappa shape index (κ2) is 9.06. The van der Waals surface area contributed by atoms with E-state index in [1.807, 2.05) is 24.3 Å². The van der Waals surface area contributed by atoms with Gasteiger partial charge in [-0.05, 0) is 17.7 Å². The van der Waals surface area contributed by atoms with Crippen molar-refractivity contribution >= 4 is 29.9 Å². The van der Waals surface area contributed by atoms with Crippen LogP contribution in [0.4, 0.5) is 0 Å². The van der Waals surface area contributed by atoms with Gasteiger partial charge in [0.05, 0.1) is 13.2 Å². The molecule has 5 nitrogen and oxygen atoms in total. The molecule has 0 aliphatic rings. The monoisotopic (exact) mass is 351 g/mol. The maximum atomic E-state index is 5.42. The summed E-state index contributed by atoms with van der Waals surface area (Å²) in [7, 11) is 1.64. The molecule has 0 aromatic heterocycles. The first kappa shape index (κ1) is 16.0. The fourth-order valence-electron chi connectivity index (χ4n) is 1.12. The molecule has 0 atom stereocenters. The van der Waals surface area contributed by atoms with Gasteiger partial charge in [-0.3, -0.25) is 0 Å². The van der Waals surface area contributed by atoms with Gasteiger partial charge < -0.3 is 20.9 Å². The minimum Gasteiger partial charge on any atom is -0.491 e. The van der Waals surface area contributed by atoms with Crippen LogP contribution < -0.4 is 16.2 Å². The third kappa shape index (κ3) is 7.01. The average molecular weight is 351 g/mol. The lowest BCUT2D eigenvalue weighted by molar-refractivity contribution is 0.146. The quantitative estimate of drug-likeness (QED) is 0.348. The number of hydrogen-bond donors (Lipinski definition) is 2. The van der Waals surface area contributed by atoms with Crippen molar-refractivity contribution < 1.29 is 9.47 Å². The van der Waals surface area contributed by atoms with Gasteiger partial charge in [0, 0.05) is 7.11 Å². The standard InChI is InChI=1S/C11H17N3O2.HI/c1-15-6-7-16-10-4-2-9(3-5-10)8-14-11(12)13;/h2-5H,6-8H2,1H3,(H4,12,13,14);1H. The summed E-state index contributed by atoms with van der Waals surface area (Å²) in [6.07, 6.45) is 0. The normalized spacial score (nSPS) is 9.24. The topological polar surface area (TPSA) is 82.9 Å². The Labute approximate surface area is 118 Å². The van der Waals surface area contributed by atoms with Crippen LogP contribution in [-0.2, 0) is 11.3 Å². The van der Waals surface area contributed by atoms with Gasteiger partial charge >= 0.3 is 0 Å². The summed E-state index contributed by atoms with van der Waals surface area (Å²) in [4.78, 5) is 3.91. The summed E-state index contributed by atoms with van der Waals surface area (Å²) in [5.74, 6) is 0.908. The van der Waals surface area contributed by atoms with Gasteiger partial charge in [-0.1, -0.05) is 12.1 Å². The molecule has 0 unspecified atom stereocenters. The van der Waals surface area contributed by atoms with Gasteiger partial charge in [0.2, 0.25) is 0 Å². The predicted octanol–water partition coefficient (Wildman–Crippen LogP) is 1.10. The maximum Gasteiger partial charge on any atom is 0.186 e. The Morgan fingerprint density at radius 2 is 1.82 bits per heavy atom. The van der Waals surface area contributed by atoms with Crippen LogP contribution in [-0.4, -0.2) is 26.3 Å². The third-order valence-corrected chi connectivity index (χ3v) is 1.92. The van der Waals surface area contributed by atoms with Gasteiger partial charge in [-0.15, -0.1) is 24.0 Å². The molecule has 0 aliphatic carbocycles. The molecule has 0 saturated heterocycles. The van der Waals surface area contributed by atoms with E-state index < -0.39 is 0 Å². The Kier molecular flexibility index (Phi) is 8.51. The lowest BCUT2D eigenvalue weighted by Gasteiger charge is -2.05. The van der Waals surface area contributed by atoms with Crippen molar-refractivity contribution in [2.75, 3.05) is 20.3 Å². The fraction of sp³-hybridized carbons (Fsp3) is 0.364. The van der Waals surface area contributed by atoms with Crippen LogP contribution >= 0.6 is 24.0 Å². The smallest absolute Gasteiger partial charge is 0.186 e. The highest BCUT2D eigenvalue weighted by atomic mass is 127. The van der Waals surface area contributed by atoms with E-state index in [9.17, 15) is 0 Å². The number of methoxy groups -OCH3 is 1. The summed E-state index contributed by atoms with van der Waals surface area (Å²) in [5.41, 5.74) is 11.5. The van der Waals surface area contributed by atoms with Crippen LogP contribution in [0.1, 0.15) is 5.56 Å². The highest BCUT2D eigenvalue weighted by Crippen LogP contribution is 2.12. The lowest BCUT2D eigenvalue weighted by Crippen LogP contribution is -2.22. The van der Waals surface area contributed by atoms with E-state index in [0.29, 0.717) is 19.8 Å². The summed E-state index contributed by atoms with van der Waals surface area (Å²) in [5, 5.41) is 0. The molecule has 0 fully saturated rings. The van der Waals surface area contributed by atoms with E-state index in [1.165, 1.54) is 0 Å². The second-order valence-corrected chi connectivity index (χ2v) is 3.23. The molecular weight excluding hydrogens is 333 g/mol. The Morgan fingerprint density at radius 3 is 2.35 bits per heavy atom. The molecule has 4 N–H and O–H groups in total. The minimum atomic E-state index is 0. The Bertz CT molecular complexity index is 337. The molecule has 0 bridgehead atoms. The molecule has 17 heavy (non-hydrogen) atoms. The molecule has 1 aromatic carbocycles. The second-order valence-electron chi connectivity index (χ2n) is 3.23. The van der Waals surface area contributed by atoms with Gasteiger partial charge in [-0.2, -0.15) is 0 Å². The number of ether oxygens (including phenoxy) is 2. The number of aliphatic imine (C=N–C) groups is 1. The van der Waals surface area contributed by atoms with Crippen molar-refractivity contribution in [3.05, 3.63) is 29.8 Å². The first-order valence-corrected chi connectivity index (χ1v) is 4.98. The van der Waals surface area contributed by atoms with Crippen LogP contribution in [0.5, 0.6) is 5.75 Å². The maximum absolute atomic E-state index is 5.42. The number of halogens is 1. The largest absolute Gasteiger partial charge is 0.491 e. The number of guanidine groups is 1. The van der Waals surface area contributed by atoms with Crippen LogP contribution in [0, 0.1) is 0 Å². The van der Waals surface area contributed by atoms with Crippen molar-refractivity contribution in [2.24, 2.45) is 16.5 Å². The van der Waals surface area contributed by atoms with Gasteiger partial charge in [0.25, 0.3) is 0 Å². The van der Waals surface area contributed by atoms with E-state index >= 15 is 0 Å². The van der Waals surface area contributed by atoms with Crippen LogP contribution in [0.25, 0.3) is 0 Å². The van der Waals surface area contributed by atoms with Crippen molar-refractivity contribution in [1.82, 2.24) is 0 Å². The van der Waals surface area contributed by atoms with E-state index in [1.54, 1.807) is 7.11 Å².